The molecule has 3 rings (SSSR count). The second-order valence-electron chi connectivity index (χ2n) is 6.50. The maximum atomic E-state index is 12.4. The zero-order valence-electron chi connectivity index (χ0n) is 12.7. The number of hydrogen-bond acceptors (Lipinski definition) is 4. The van der Waals surface area contributed by atoms with Crippen molar-refractivity contribution in [2.45, 2.75) is 38.3 Å². The molecule has 2 atom stereocenters. The zero-order valence-corrected chi connectivity index (χ0v) is 12.7. The number of piperazine rings is 1. The van der Waals surface area contributed by atoms with Gasteiger partial charge in [0.15, 0.2) is 0 Å². The van der Waals surface area contributed by atoms with Gasteiger partial charge in [0.2, 0.25) is 5.91 Å². The SMILES string of the molecule is C[C@H]1CCO[C@H]1C(=O)N1CCN(CC(=O)NC2CC2)CC1. The number of nitrogens with one attached hydrogen (secondary N) is 1. The lowest BCUT2D eigenvalue weighted by Gasteiger charge is -2.35. The first-order valence-corrected chi connectivity index (χ1v) is 8.05. The molecular formula is C15H25N3O3. The maximum absolute atomic E-state index is 12.4. The number of hydrogen-bond donors (Lipinski definition) is 1. The number of rotatable bonds is 4. The van der Waals surface area contributed by atoms with E-state index < -0.39 is 0 Å². The highest BCUT2D eigenvalue weighted by molar-refractivity contribution is 5.82. The summed E-state index contributed by atoms with van der Waals surface area (Å²) in [5.74, 6) is 0.562. The Morgan fingerprint density at radius 3 is 2.43 bits per heavy atom. The Hall–Kier alpha value is -1.14. The molecule has 6 nitrogen and oxygen atoms in total. The van der Waals surface area contributed by atoms with Crippen molar-refractivity contribution in [1.29, 1.82) is 0 Å². The molecule has 1 aliphatic carbocycles. The summed E-state index contributed by atoms with van der Waals surface area (Å²) >= 11 is 0. The number of amides is 2. The molecule has 3 fully saturated rings. The van der Waals surface area contributed by atoms with Crippen molar-refractivity contribution >= 4 is 11.8 Å². The molecule has 1 saturated carbocycles. The fourth-order valence-electron chi connectivity index (χ4n) is 3.02. The molecule has 1 N–H and O–H groups in total. The van der Waals surface area contributed by atoms with Crippen LogP contribution in [0.5, 0.6) is 0 Å². The molecular weight excluding hydrogens is 270 g/mol. The van der Waals surface area contributed by atoms with E-state index in [4.69, 9.17) is 4.74 Å². The summed E-state index contributed by atoms with van der Waals surface area (Å²) in [6, 6.07) is 0.418. The largest absolute Gasteiger partial charge is 0.368 e. The molecule has 3 aliphatic rings. The van der Waals surface area contributed by atoms with Crippen molar-refractivity contribution in [2.75, 3.05) is 39.3 Å². The van der Waals surface area contributed by atoms with Gasteiger partial charge >= 0.3 is 0 Å². The van der Waals surface area contributed by atoms with E-state index in [9.17, 15) is 9.59 Å². The third-order valence-electron chi connectivity index (χ3n) is 4.62. The van der Waals surface area contributed by atoms with Gasteiger partial charge in [0.1, 0.15) is 6.10 Å². The van der Waals surface area contributed by atoms with Gasteiger partial charge in [-0.3, -0.25) is 14.5 Å². The summed E-state index contributed by atoms with van der Waals surface area (Å²) in [6.07, 6.45) is 2.95. The van der Waals surface area contributed by atoms with Gasteiger partial charge in [-0.2, -0.15) is 0 Å². The Morgan fingerprint density at radius 1 is 1.14 bits per heavy atom. The van der Waals surface area contributed by atoms with Gasteiger partial charge in [0, 0.05) is 38.8 Å². The Morgan fingerprint density at radius 2 is 1.86 bits per heavy atom. The molecule has 6 heteroatoms. The summed E-state index contributed by atoms with van der Waals surface area (Å²) < 4.78 is 5.55. The van der Waals surface area contributed by atoms with Crippen LogP contribution < -0.4 is 5.32 Å². The first-order chi connectivity index (χ1) is 10.1. The lowest BCUT2D eigenvalue weighted by atomic mass is 10.0. The summed E-state index contributed by atoms with van der Waals surface area (Å²) in [5, 5.41) is 3.00. The molecule has 0 spiro atoms. The van der Waals surface area contributed by atoms with Crippen molar-refractivity contribution in [3.05, 3.63) is 0 Å². The molecule has 21 heavy (non-hydrogen) atoms. The topological polar surface area (TPSA) is 61.9 Å². The predicted molar refractivity (Wildman–Crippen MR) is 77.7 cm³/mol. The number of carbonyl (C=O) groups excluding carboxylic acids is 2. The molecule has 0 radical (unpaired) electrons. The van der Waals surface area contributed by atoms with Gasteiger partial charge in [-0.05, 0) is 25.2 Å². The van der Waals surface area contributed by atoms with Crippen molar-refractivity contribution in [1.82, 2.24) is 15.1 Å². The number of ether oxygens (including phenoxy) is 1. The summed E-state index contributed by atoms with van der Waals surface area (Å²) in [5.41, 5.74) is 0. The first-order valence-electron chi connectivity index (χ1n) is 8.05. The summed E-state index contributed by atoms with van der Waals surface area (Å²) in [6.45, 7) is 6.15. The van der Waals surface area contributed by atoms with Crippen molar-refractivity contribution in [2.24, 2.45) is 5.92 Å². The number of carbonyl (C=O) groups is 2. The molecule has 0 aromatic carbocycles. The Balaban J connectivity index is 1.41. The predicted octanol–water partition coefficient (Wildman–Crippen LogP) is -0.166. The third-order valence-corrected chi connectivity index (χ3v) is 4.62. The molecule has 0 bridgehead atoms. The van der Waals surface area contributed by atoms with Crippen LogP contribution in [0.4, 0.5) is 0 Å². The second-order valence-corrected chi connectivity index (χ2v) is 6.50. The Labute approximate surface area is 125 Å². The van der Waals surface area contributed by atoms with Gasteiger partial charge in [0.05, 0.1) is 6.54 Å². The van der Waals surface area contributed by atoms with E-state index in [1.54, 1.807) is 0 Å². The van der Waals surface area contributed by atoms with Crippen LogP contribution in [0.2, 0.25) is 0 Å². The molecule has 0 aromatic rings. The van der Waals surface area contributed by atoms with Gasteiger partial charge in [-0.25, -0.2) is 0 Å². The summed E-state index contributed by atoms with van der Waals surface area (Å²) in [4.78, 5) is 28.2. The molecule has 0 aromatic heterocycles. The van der Waals surface area contributed by atoms with Gasteiger partial charge in [-0.1, -0.05) is 6.92 Å². The second kappa shape index (κ2) is 6.32. The molecule has 2 saturated heterocycles. The molecule has 118 valence electrons. The third kappa shape index (κ3) is 3.74. The van der Waals surface area contributed by atoms with Crippen LogP contribution in [0.15, 0.2) is 0 Å². The van der Waals surface area contributed by atoms with Crippen LogP contribution in [0.1, 0.15) is 26.2 Å². The van der Waals surface area contributed by atoms with Crippen LogP contribution in [-0.4, -0.2) is 73.1 Å². The minimum atomic E-state index is -0.255. The van der Waals surface area contributed by atoms with Crippen LogP contribution in [-0.2, 0) is 14.3 Å². The van der Waals surface area contributed by atoms with Crippen molar-refractivity contribution in [3.8, 4) is 0 Å². The quantitative estimate of drug-likeness (QED) is 0.782. The van der Waals surface area contributed by atoms with Crippen LogP contribution >= 0.6 is 0 Å². The van der Waals surface area contributed by atoms with Crippen molar-refractivity contribution < 1.29 is 14.3 Å². The van der Waals surface area contributed by atoms with Gasteiger partial charge in [0.25, 0.3) is 5.91 Å². The van der Waals surface area contributed by atoms with Crippen LogP contribution in [0, 0.1) is 5.92 Å². The average Bonchev–Trinajstić information content (AvgIpc) is 3.17. The first kappa shape index (κ1) is 14.8. The molecule has 2 aliphatic heterocycles. The van der Waals surface area contributed by atoms with E-state index in [-0.39, 0.29) is 17.9 Å². The van der Waals surface area contributed by atoms with E-state index in [1.807, 2.05) is 4.90 Å². The summed E-state index contributed by atoms with van der Waals surface area (Å²) in [7, 11) is 0. The van der Waals surface area contributed by atoms with Crippen molar-refractivity contribution in [3.63, 3.8) is 0 Å². The normalized spacial score (nSPS) is 30.4. The fourth-order valence-corrected chi connectivity index (χ4v) is 3.02. The van der Waals surface area contributed by atoms with Gasteiger partial charge in [-0.15, -0.1) is 0 Å². The monoisotopic (exact) mass is 295 g/mol. The van der Waals surface area contributed by atoms with Crippen LogP contribution in [0.25, 0.3) is 0 Å². The van der Waals surface area contributed by atoms with E-state index >= 15 is 0 Å². The van der Waals surface area contributed by atoms with E-state index in [0.29, 0.717) is 38.2 Å². The highest BCUT2D eigenvalue weighted by atomic mass is 16.5. The molecule has 2 amide bonds. The lowest BCUT2D eigenvalue weighted by Crippen LogP contribution is -2.53. The van der Waals surface area contributed by atoms with E-state index in [1.165, 1.54) is 0 Å². The van der Waals surface area contributed by atoms with E-state index in [0.717, 1.165) is 32.4 Å². The smallest absolute Gasteiger partial charge is 0.252 e. The zero-order chi connectivity index (χ0) is 14.8. The van der Waals surface area contributed by atoms with E-state index in [2.05, 4.69) is 17.1 Å². The lowest BCUT2D eigenvalue weighted by molar-refractivity contribution is -0.144. The Kier molecular flexibility index (Phi) is 4.45. The standard InChI is InChI=1S/C15H25N3O3/c1-11-4-9-21-14(11)15(20)18-7-5-17(6-8-18)10-13(19)16-12-2-3-12/h11-12,14H,2-10H2,1H3,(H,16,19)/t11-,14+/m0/s1. The highest BCUT2D eigenvalue weighted by Gasteiger charge is 2.35. The minimum absolute atomic E-state index is 0.116. The maximum Gasteiger partial charge on any atom is 0.252 e. The highest BCUT2D eigenvalue weighted by Crippen LogP contribution is 2.22. The number of nitrogens with zero attached hydrogens (tertiary/aromatic N) is 2. The average molecular weight is 295 g/mol. The fraction of sp³-hybridized carbons (Fsp3) is 0.867. The van der Waals surface area contributed by atoms with Crippen LogP contribution in [0.3, 0.4) is 0 Å². The Bertz CT molecular complexity index is 403. The van der Waals surface area contributed by atoms with Gasteiger partial charge < -0.3 is 15.0 Å². The minimum Gasteiger partial charge on any atom is -0.368 e. The molecule has 2 heterocycles. The molecule has 0 unspecified atom stereocenters.